The maximum atomic E-state index is 13.8. The number of nitrogens with zero attached hydrogens (tertiary/aromatic N) is 6. The third-order valence-electron chi connectivity index (χ3n) is 30.3. The van der Waals surface area contributed by atoms with Gasteiger partial charge in [-0.25, -0.2) is 8.78 Å². The minimum atomic E-state index is -0.820. The van der Waals surface area contributed by atoms with E-state index in [2.05, 4.69) is 121 Å². The number of fused-ring (bicyclic) bond motifs is 12. The van der Waals surface area contributed by atoms with Gasteiger partial charge in [-0.2, -0.15) is 0 Å². The minimum Gasteiger partial charge on any atom is -0.508 e. The van der Waals surface area contributed by atoms with Crippen molar-refractivity contribution in [2.45, 2.75) is 134 Å². The van der Waals surface area contributed by atoms with Crippen LogP contribution in [0.2, 0.25) is 10.0 Å². The summed E-state index contributed by atoms with van der Waals surface area (Å²) in [6.07, 6.45) is 10.00. The molecule has 6 unspecified atom stereocenters. The van der Waals surface area contributed by atoms with E-state index in [0.717, 1.165) is 209 Å². The van der Waals surface area contributed by atoms with Crippen molar-refractivity contribution in [1.29, 1.82) is 0 Å². The number of halogens is 6. The molecule has 27 heteroatoms. The first-order chi connectivity index (χ1) is 62.9. The highest BCUT2D eigenvalue weighted by molar-refractivity contribution is 9.11. The number of phenols is 15. The minimum absolute atomic E-state index is 0.0144. The van der Waals surface area contributed by atoms with Crippen molar-refractivity contribution < 1.29 is 85.4 Å². The Kier molecular flexibility index (Phi) is 23.2. The van der Waals surface area contributed by atoms with Gasteiger partial charge in [-0.3, -0.25) is 29.4 Å². The summed E-state index contributed by atoms with van der Waals surface area (Å²) in [6.45, 7) is 11.6. The Bertz CT molecular complexity index is 6270. The third kappa shape index (κ3) is 14.5. The molecule has 0 saturated carbocycles. The molecule has 0 bridgehead atoms. The zero-order valence-corrected chi connectivity index (χ0v) is 78.9. The Balaban J connectivity index is 0.000000102. The van der Waals surface area contributed by atoms with Crippen molar-refractivity contribution >= 4 is 55.1 Å². The lowest BCUT2D eigenvalue weighted by molar-refractivity contribution is 0.227. The number of rotatable bonds is 0. The molecule has 6 aliphatic heterocycles. The monoisotopic (exact) mass is 1950 g/mol. The van der Waals surface area contributed by atoms with E-state index in [1.165, 1.54) is 56.6 Å². The van der Waals surface area contributed by atoms with Gasteiger partial charge in [-0.05, 0) is 377 Å². The van der Waals surface area contributed by atoms with Gasteiger partial charge in [0.1, 0.15) is 17.2 Å². The van der Waals surface area contributed by atoms with E-state index in [-0.39, 0.29) is 103 Å². The number of hydrogen-bond acceptors (Lipinski definition) is 21. The average Bonchev–Trinajstić information content (AvgIpc) is 0.728. The van der Waals surface area contributed by atoms with Crippen molar-refractivity contribution in [2.75, 3.05) is 81.6 Å². The third-order valence-corrected chi connectivity index (χ3v) is 32.1. The van der Waals surface area contributed by atoms with Gasteiger partial charge in [0.25, 0.3) is 0 Å². The lowest BCUT2D eigenvalue weighted by Gasteiger charge is -2.40. The molecule has 0 saturated heterocycles. The summed E-state index contributed by atoms with van der Waals surface area (Å²) < 4.78 is 28.6. The Morgan fingerprint density at radius 1 is 0.265 bits per heavy atom. The number of hydrogen-bond donors (Lipinski definition) is 15. The molecule has 6 aliphatic carbocycles. The molecular weight excluding hydrogens is 1850 g/mol. The van der Waals surface area contributed by atoms with Crippen LogP contribution >= 0.6 is 55.1 Å². The standard InChI is InChI=1S/C18H18BrNO3.C18H18ClNO3.C18H18FNO3.C17H16BrNO2.C17H16ClNO2.C17H16FNO2/c3*1-8-10-3-4-20(2)13-6-9-5-12(19)17(22)18(23)15(9)11(16(10)13)7-14(8)21;3*1-19-6-5-9-3-2-4-11-14(9)13(19)8-10-7-12(18)16(20)17(21)15(10)11/h3*5,7,13,21-23H,3-4,6H2,1-2H3;3*2-4,7,13,20-21H,5-6,8H2,1H3. The Hall–Kier alpha value is -11.2. The first-order valence-electron chi connectivity index (χ1n) is 44.5. The van der Waals surface area contributed by atoms with Crippen LogP contribution in [-0.4, -0.2) is 188 Å². The maximum Gasteiger partial charge on any atom is 0.194 e. The predicted octanol–water partition coefficient (Wildman–Crippen LogP) is 20.3. The van der Waals surface area contributed by atoms with E-state index in [0.29, 0.717) is 67.3 Å². The molecule has 684 valence electrons. The molecule has 24 rings (SSSR count). The highest BCUT2D eigenvalue weighted by atomic mass is 79.9. The fraction of sp³-hybridized carbons (Fsp3) is 0.314. The van der Waals surface area contributed by atoms with E-state index in [4.69, 9.17) is 23.2 Å². The molecule has 0 radical (unpaired) electrons. The van der Waals surface area contributed by atoms with Crippen LogP contribution in [0.4, 0.5) is 8.78 Å². The molecule has 12 aromatic rings. The summed E-state index contributed by atoms with van der Waals surface area (Å²) in [5.74, 6) is -4.32. The Morgan fingerprint density at radius 3 is 0.773 bits per heavy atom. The van der Waals surface area contributed by atoms with E-state index in [9.17, 15) is 85.4 Å². The van der Waals surface area contributed by atoms with Gasteiger partial charge in [-0.15, -0.1) is 0 Å². The summed E-state index contributed by atoms with van der Waals surface area (Å²) in [7, 11) is 12.6. The number of aromatic hydroxyl groups is 15. The smallest absolute Gasteiger partial charge is 0.194 e. The van der Waals surface area contributed by atoms with Gasteiger partial charge in [0, 0.05) is 109 Å². The van der Waals surface area contributed by atoms with E-state index >= 15 is 0 Å². The number of phenolic OH excluding ortho intramolecular Hbond substituents is 15. The molecule has 0 fully saturated rings. The normalized spacial score (nSPS) is 19.7. The molecule has 21 nitrogen and oxygen atoms in total. The topological polar surface area (TPSA) is 323 Å². The van der Waals surface area contributed by atoms with Crippen LogP contribution < -0.4 is 0 Å². The quantitative estimate of drug-likeness (QED) is 0.0627. The molecular formula is C105H102Br2Cl2F2N6O15. The molecule has 15 N–H and O–H groups in total. The van der Waals surface area contributed by atoms with Crippen LogP contribution in [0.5, 0.6) is 86.2 Å². The molecule has 6 heterocycles. The van der Waals surface area contributed by atoms with Crippen molar-refractivity contribution in [3.8, 4) is 153 Å². The molecule has 0 aromatic heterocycles. The second kappa shape index (κ2) is 34.1. The fourth-order valence-electron chi connectivity index (χ4n) is 23.2. The average molecular weight is 1960 g/mol. The number of benzene rings is 12. The number of likely N-dealkylation sites (N-methyl/N-ethyl adjacent to an activating group) is 6. The molecule has 6 atom stereocenters. The van der Waals surface area contributed by atoms with E-state index < -0.39 is 28.9 Å². The van der Waals surface area contributed by atoms with Crippen LogP contribution in [0.3, 0.4) is 0 Å². The highest BCUT2D eigenvalue weighted by Gasteiger charge is 2.44. The first kappa shape index (κ1) is 90.0. The van der Waals surface area contributed by atoms with Crippen molar-refractivity contribution in [2.24, 2.45) is 0 Å². The largest absolute Gasteiger partial charge is 0.508 e. The molecule has 12 aliphatic rings. The Morgan fingerprint density at radius 2 is 0.492 bits per heavy atom. The second-order valence-electron chi connectivity index (χ2n) is 37.3. The fourth-order valence-corrected chi connectivity index (χ4v) is 24.6. The summed E-state index contributed by atoms with van der Waals surface area (Å²) in [5.41, 5.74) is 31.8. The molecule has 132 heavy (non-hydrogen) atoms. The Labute approximate surface area is 789 Å². The maximum absolute atomic E-state index is 13.8. The predicted molar refractivity (Wildman–Crippen MR) is 512 cm³/mol. The van der Waals surface area contributed by atoms with E-state index in [1.807, 2.05) is 70.3 Å². The van der Waals surface area contributed by atoms with Crippen LogP contribution in [0.25, 0.3) is 66.8 Å². The van der Waals surface area contributed by atoms with Gasteiger partial charge >= 0.3 is 0 Å². The zero-order chi connectivity index (χ0) is 93.6. The van der Waals surface area contributed by atoms with Gasteiger partial charge in [-0.1, -0.05) is 77.8 Å². The van der Waals surface area contributed by atoms with Crippen LogP contribution in [0, 0.1) is 32.4 Å². The van der Waals surface area contributed by atoms with Crippen molar-refractivity contribution in [3.05, 3.63) is 257 Å². The van der Waals surface area contributed by atoms with Crippen LogP contribution in [0.1, 0.15) is 153 Å². The molecule has 0 spiro atoms. The second-order valence-corrected chi connectivity index (χ2v) is 39.8. The SMILES string of the molecule is CN1CCc2cccc3c2C1Cc1cc(Br)c(O)c(O)c1-3.CN1CCc2cccc3c2C1Cc1cc(Cl)c(O)c(O)c1-3.CN1CCc2cccc3c2C1Cc1cc(F)c(O)c(O)c1-3.Cc1c(O)cc2c3c1CCN(C)C3Cc1cc(Br)c(O)c(O)c1-2.Cc1c(O)cc2c3c1CCN(C)C3Cc1cc(Cl)c(O)c(O)c1-2.Cc1c(O)cc2c3c1CCN(C)C3Cc1cc(F)c(O)c(O)c1-2. The van der Waals surface area contributed by atoms with E-state index in [1.54, 1.807) is 30.3 Å². The summed E-state index contributed by atoms with van der Waals surface area (Å²) in [5, 5.41) is 153. The summed E-state index contributed by atoms with van der Waals surface area (Å²) in [6, 6.07) is 34.9. The first-order valence-corrected chi connectivity index (χ1v) is 46.8. The van der Waals surface area contributed by atoms with Crippen LogP contribution in [0.15, 0.2) is 118 Å². The summed E-state index contributed by atoms with van der Waals surface area (Å²) >= 11 is 18.7. The van der Waals surface area contributed by atoms with Gasteiger partial charge < -0.3 is 76.6 Å². The van der Waals surface area contributed by atoms with Gasteiger partial charge in [0.2, 0.25) is 0 Å². The van der Waals surface area contributed by atoms with Gasteiger partial charge in [0.15, 0.2) is 80.6 Å². The van der Waals surface area contributed by atoms with Crippen molar-refractivity contribution in [1.82, 2.24) is 29.4 Å². The lowest BCUT2D eigenvalue weighted by Crippen LogP contribution is -2.36. The van der Waals surface area contributed by atoms with Gasteiger partial charge in [0.05, 0.1) is 19.0 Å². The van der Waals surface area contributed by atoms with Crippen molar-refractivity contribution in [3.63, 3.8) is 0 Å². The lowest BCUT2D eigenvalue weighted by atomic mass is 9.75. The van der Waals surface area contributed by atoms with Crippen LogP contribution in [-0.2, 0) is 77.0 Å². The highest BCUT2D eigenvalue weighted by Crippen LogP contribution is 2.61. The molecule has 12 aromatic carbocycles. The zero-order valence-electron chi connectivity index (χ0n) is 74.2. The molecule has 0 amide bonds. The summed E-state index contributed by atoms with van der Waals surface area (Å²) in [4.78, 5) is 13.8.